The minimum Gasteiger partial charge on any atom is -0.497 e. The summed E-state index contributed by atoms with van der Waals surface area (Å²) < 4.78 is 5.17. The van der Waals surface area contributed by atoms with E-state index in [1.165, 1.54) is 11.8 Å². The number of benzene rings is 2. The highest BCUT2D eigenvalue weighted by molar-refractivity contribution is 8.00. The van der Waals surface area contributed by atoms with Crippen molar-refractivity contribution in [1.82, 2.24) is 9.80 Å². The smallest absolute Gasteiger partial charge is 0.238 e. The first-order chi connectivity index (χ1) is 16.4. The van der Waals surface area contributed by atoms with Gasteiger partial charge < -0.3 is 20.7 Å². The second-order valence-electron chi connectivity index (χ2n) is 8.16. The van der Waals surface area contributed by atoms with Crippen molar-refractivity contribution in [2.45, 2.75) is 24.2 Å². The average Bonchev–Trinajstić information content (AvgIpc) is 3.07. The van der Waals surface area contributed by atoms with Gasteiger partial charge in [-0.1, -0.05) is 24.3 Å². The molecule has 0 saturated carbocycles. The van der Waals surface area contributed by atoms with Crippen LogP contribution in [0.25, 0.3) is 0 Å². The van der Waals surface area contributed by atoms with E-state index in [4.69, 9.17) is 10.5 Å². The molecule has 0 unspecified atom stereocenters. The predicted molar refractivity (Wildman–Crippen MR) is 134 cm³/mol. The number of carbonyl (C=O) groups is 3. The molecule has 1 aliphatic rings. The number of methoxy groups -OCH3 is 1. The van der Waals surface area contributed by atoms with Crippen molar-refractivity contribution in [2.24, 2.45) is 5.73 Å². The summed E-state index contributed by atoms with van der Waals surface area (Å²) in [5.41, 5.74) is 7.01. The lowest BCUT2D eigenvalue weighted by Gasteiger charge is -2.22. The van der Waals surface area contributed by atoms with Crippen LogP contribution < -0.4 is 15.8 Å². The highest BCUT2D eigenvalue weighted by atomic mass is 32.2. The van der Waals surface area contributed by atoms with Crippen LogP contribution in [0.4, 0.5) is 5.69 Å². The van der Waals surface area contributed by atoms with Gasteiger partial charge in [-0.15, -0.1) is 11.8 Å². The number of aryl methyl sites for hydroxylation is 1. The van der Waals surface area contributed by atoms with Crippen LogP contribution in [0.2, 0.25) is 0 Å². The Balaban J connectivity index is 1.45. The number of amides is 3. The first-order valence-corrected chi connectivity index (χ1v) is 12.4. The zero-order valence-electron chi connectivity index (χ0n) is 19.5. The maximum absolute atomic E-state index is 12.7. The summed E-state index contributed by atoms with van der Waals surface area (Å²) in [7, 11) is 1.63. The van der Waals surface area contributed by atoms with Crippen molar-refractivity contribution in [3.8, 4) is 5.75 Å². The highest BCUT2D eigenvalue weighted by Crippen LogP contribution is 2.26. The molecule has 9 heteroatoms. The van der Waals surface area contributed by atoms with E-state index in [1.807, 2.05) is 53.4 Å². The molecule has 1 fully saturated rings. The molecule has 182 valence electrons. The number of ether oxygens (including phenoxy) is 1. The number of rotatable bonds is 10. The monoisotopic (exact) mass is 484 g/mol. The number of nitrogens with zero attached hydrogens (tertiary/aromatic N) is 2. The van der Waals surface area contributed by atoms with E-state index in [1.54, 1.807) is 7.11 Å². The van der Waals surface area contributed by atoms with Gasteiger partial charge in [0.1, 0.15) is 5.75 Å². The minimum atomic E-state index is -0.404. The van der Waals surface area contributed by atoms with Crippen LogP contribution in [-0.4, -0.2) is 73.1 Å². The van der Waals surface area contributed by atoms with Crippen LogP contribution in [-0.2, 0) is 20.8 Å². The lowest BCUT2D eigenvalue weighted by atomic mass is 10.1. The van der Waals surface area contributed by atoms with Crippen LogP contribution in [0.3, 0.4) is 0 Å². The van der Waals surface area contributed by atoms with Crippen LogP contribution in [0.5, 0.6) is 5.75 Å². The fraction of sp³-hybridized carbons (Fsp3) is 0.400. The summed E-state index contributed by atoms with van der Waals surface area (Å²) in [6.07, 6.45) is 1.98. The first-order valence-electron chi connectivity index (χ1n) is 11.4. The summed E-state index contributed by atoms with van der Waals surface area (Å²) in [6, 6.07) is 15.1. The Morgan fingerprint density at radius 1 is 1.03 bits per heavy atom. The zero-order valence-corrected chi connectivity index (χ0v) is 20.3. The molecule has 0 aliphatic carbocycles. The third kappa shape index (κ3) is 8.07. The molecule has 1 saturated heterocycles. The highest BCUT2D eigenvalue weighted by Gasteiger charge is 2.20. The molecular formula is C25H32N4O4S. The number of hydrogen-bond donors (Lipinski definition) is 2. The van der Waals surface area contributed by atoms with Crippen molar-refractivity contribution < 1.29 is 19.1 Å². The molecule has 3 N–H and O–H groups in total. The lowest BCUT2D eigenvalue weighted by Crippen LogP contribution is -2.38. The average molecular weight is 485 g/mol. The van der Waals surface area contributed by atoms with Crippen LogP contribution in [0, 0.1) is 0 Å². The van der Waals surface area contributed by atoms with Gasteiger partial charge >= 0.3 is 0 Å². The summed E-state index contributed by atoms with van der Waals surface area (Å²) in [5.74, 6) is 0.578. The van der Waals surface area contributed by atoms with Crippen molar-refractivity contribution >= 4 is 35.2 Å². The number of thioether (sulfide) groups is 1. The van der Waals surface area contributed by atoms with Crippen molar-refractivity contribution in [1.29, 1.82) is 0 Å². The molecule has 2 aromatic rings. The SMILES string of the molecule is COc1ccc(CCC(=O)N2CCCN(CC(=O)Nc3ccccc3SCC(N)=O)CC2)cc1. The molecular weight excluding hydrogens is 452 g/mol. The van der Waals surface area contributed by atoms with Gasteiger partial charge in [0.05, 0.1) is 25.1 Å². The van der Waals surface area contributed by atoms with Gasteiger partial charge in [0, 0.05) is 37.5 Å². The van der Waals surface area contributed by atoms with Gasteiger partial charge in [-0.25, -0.2) is 0 Å². The molecule has 2 aromatic carbocycles. The Morgan fingerprint density at radius 2 is 1.79 bits per heavy atom. The Labute approximate surface area is 204 Å². The minimum absolute atomic E-state index is 0.119. The molecule has 3 rings (SSSR count). The Morgan fingerprint density at radius 3 is 2.53 bits per heavy atom. The molecule has 0 atom stereocenters. The molecule has 34 heavy (non-hydrogen) atoms. The Bertz CT molecular complexity index is 983. The van der Waals surface area contributed by atoms with E-state index in [-0.39, 0.29) is 24.1 Å². The number of hydrogen-bond acceptors (Lipinski definition) is 6. The van der Waals surface area contributed by atoms with Crippen LogP contribution in [0.15, 0.2) is 53.4 Å². The van der Waals surface area contributed by atoms with Gasteiger partial charge in [0.15, 0.2) is 0 Å². The van der Waals surface area contributed by atoms with Gasteiger partial charge in [-0.2, -0.15) is 0 Å². The first kappa shape index (κ1) is 25.6. The quantitative estimate of drug-likeness (QED) is 0.502. The molecule has 1 aliphatic heterocycles. The predicted octanol–water partition coefficient (Wildman–Crippen LogP) is 2.38. The third-order valence-electron chi connectivity index (χ3n) is 5.63. The van der Waals surface area contributed by atoms with E-state index in [9.17, 15) is 14.4 Å². The maximum atomic E-state index is 12.7. The zero-order chi connectivity index (χ0) is 24.3. The number of primary amides is 1. The summed E-state index contributed by atoms with van der Waals surface area (Å²) in [4.78, 5) is 41.3. The van der Waals surface area contributed by atoms with Crippen LogP contribution >= 0.6 is 11.8 Å². The molecule has 0 aromatic heterocycles. The number of carbonyl (C=O) groups excluding carboxylic acids is 3. The Hall–Kier alpha value is -3.04. The fourth-order valence-corrected chi connectivity index (χ4v) is 4.56. The number of para-hydroxylation sites is 1. The van der Waals surface area contributed by atoms with Crippen molar-refractivity contribution in [2.75, 3.05) is 50.9 Å². The summed E-state index contributed by atoms with van der Waals surface area (Å²) >= 11 is 1.30. The van der Waals surface area contributed by atoms with Crippen LogP contribution in [0.1, 0.15) is 18.4 Å². The molecule has 0 bridgehead atoms. The van der Waals surface area contributed by atoms with Gasteiger partial charge in [0.25, 0.3) is 0 Å². The fourth-order valence-electron chi connectivity index (χ4n) is 3.82. The molecule has 8 nitrogen and oxygen atoms in total. The number of nitrogens with one attached hydrogen (secondary N) is 1. The third-order valence-corrected chi connectivity index (χ3v) is 6.72. The number of anilines is 1. The van der Waals surface area contributed by atoms with E-state index in [0.29, 0.717) is 38.2 Å². The van der Waals surface area contributed by atoms with E-state index < -0.39 is 5.91 Å². The van der Waals surface area contributed by atoms with E-state index in [2.05, 4.69) is 10.2 Å². The molecule has 0 spiro atoms. The van der Waals surface area contributed by atoms with Crippen molar-refractivity contribution in [3.63, 3.8) is 0 Å². The lowest BCUT2D eigenvalue weighted by molar-refractivity contribution is -0.131. The summed E-state index contributed by atoms with van der Waals surface area (Å²) in [5, 5.41) is 2.94. The van der Waals surface area contributed by atoms with Gasteiger partial charge in [0.2, 0.25) is 17.7 Å². The molecule has 0 radical (unpaired) electrons. The number of nitrogens with two attached hydrogens (primary N) is 1. The van der Waals surface area contributed by atoms with Crippen molar-refractivity contribution in [3.05, 3.63) is 54.1 Å². The van der Waals surface area contributed by atoms with E-state index in [0.717, 1.165) is 29.2 Å². The maximum Gasteiger partial charge on any atom is 0.238 e. The summed E-state index contributed by atoms with van der Waals surface area (Å²) in [6.45, 7) is 2.97. The topological polar surface area (TPSA) is 105 Å². The normalized spacial score (nSPS) is 14.3. The largest absolute Gasteiger partial charge is 0.497 e. The second kappa shape index (κ2) is 13.0. The molecule has 1 heterocycles. The van der Waals surface area contributed by atoms with Gasteiger partial charge in [-0.05, 0) is 42.7 Å². The standard InChI is InChI=1S/C25H32N4O4S/c1-33-20-10-7-19(8-11-20)9-12-25(32)29-14-4-13-28(15-16-29)17-24(31)27-21-5-2-3-6-22(21)34-18-23(26)30/h2-3,5-8,10-11H,4,9,12-18H2,1H3,(H2,26,30)(H,27,31). The second-order valence-corrected chi connectivity index (χ2v) is 9.18. The molecule has 3 amide bonds. The van der Waals surface area contributed by atoms with Gasteiger partial charge in [-0.3, -0.25) is 19.3 Å². The van der Waals surface area contributed by atoms with E-state index >= 15 is 0 Å². The Kier molecular flexibility index (Phi) is 9.78.